The van der Waals surface area contributed by atoms with E-state index >= 15 is 0 Å². The molecule has 132 valence electrons. The molecule has 8 nitrogen and oxygen atoms in total. The second-order valence-electron chi connectivity index (χ2n) is 5.42. The Labute approximate surface area is 153 Å². The molecule has 26 heavy (non-hydrogen) atoms. The number of para-hydroxylation sites is 1. The largest absolute Gasteiger partial charge is 0.423 e. The third-order valence-corrected chi connectivity index (χ3v) is 4.68. The Morgan fingerprint density at radius 2 is 2.04 bits per heavy atom. The zero-order valence-corrected chi connectivity index (χ0v) is 14.8. The molecule has 1 aromatic heterocycles. The van der Waals surface area contributed by atoms with Crippen LogP contribution in [0.1, 0.15) is 15.9 Å². The molecular formula is C17H14N4O4S. The Morgan fingerprint density at radius 3 is 2.69 bits per heavy atom. The third-order valence-electron chi connectivity index (χ3n) is 3.56. The molecule has 0 aliphatic carbocycles. The quantitative estimate of drug-likeness (QED) is 0.294. The van der Waals surface area contributed by atoms with Crippen molar-refractivity contribution in [1.82, 2.24) is 14.8 Å². The number of aromatic nitrogens is 3. The molecule has 2 aromatic carbocycles. The number of aryl methyl sites for hydroxylation is 2. The summed E-state index contributed by atoms with van der Waals surface area (Å²) in [5.74, 6) is -0.240. The van der Waals surface area contributed by atoms with E-state index in [-0.39, 0.29) is 11.3 Å². The van der Waals surface area contributed by atoms with Crippen LogP contribution in [0.15, 0.2) is 58.8 Å². The molecule has 0 N–H and O–H groups in total. The molecule has 0 spiro atoms. The maximum atomic E-state index is 12.3. The highest BCUT2D eigenvalue weighted by molar-refractivity contribution is 7.99. The molecule has 3 aromatic rings. The van der Waals surface area contributed by atoms with E-state index in [0.717, 1.165) is 17.3 Å². The number of hydrogen-bond acceptors (Lipinski definition) is 7. The van der Waals surface area contributed by atoms with Gasteiger partial charge in [0.05, 0.1) is 15.4 Å². The van der Waals surface area contributed by atoms with Gasteiger partial charge in [-0.2, -0.15) is 0 Å². The van der Waals surface area contributed by atoms with E-state index in [9.17, 15) is 14.9 Å². The van der Waals surface area contributed by atoms with Gasteiger partial charge in [0.25, 0.3) is 5.69 Å². The van der Waals surface area contributed by atoms with Crippen molar-refractivity contribution < 1.29 is 14.5 Å². The van der Waals surface area contributed by atoms with Crippen LogP contribution >= 0.6 is 11.8 Å². The highest BCUT2D eigenvalue weighted by Gasteiger charge is 2.21. The summed E-state index contributed by atoms with van der Waals surface area (Å²) in [6, 6.07) is 11.3. The molecule has 3 rings (SSSR count). The molecule has 0 saturated heterocycles. The van der Waals surface area contributed by atoms with Gasteiger partial charge in [-0.1, -0.05) is 18.2 Å². The molecule has 0 aliphatic rings. The Bertz CT molecular complexity index is 986. The van der Waals surface area contributed by atoms with E-state index in [1.807, 2.05) is 19.1 Å². The number of carbonyl (C=O) groups excluding carboxylic acids is 1. The third kappa shape index (κ3) is 3.72. The smallest absolute Gasteiger partial charge is 0.343 e. The number of esters is 1. The fraction of sp³-hybridized carbons (Fsp3) is 0.118. The first-order chi connectivity index (χ1) is 12.5. The van der Waals surface area contributed by atoms with Gasteiger partial charge in [0.1, 0.15) is 12.1 Å². The van der Waals surface area contributed by atoms with E-state index < -0.39 is 10.9 Å². The van der Waals surface area contributed by atoms with Crippen LogP contribution in [0.3, 0.4) is 0 Å². The number of hydrogen-bond donors (Lipinski definition) is 0. The van der Waals surface area contributed by atoms with Crippen molar-refractivity contribution in [3.63, 3.8) is 0 Å². The monoisotopic (exact) mass is 370 g/mol. The predicted octanol–water partition coefficient (Wildman–Crippen LogP) is 3.40. The summed E-state index contributed by atoms with van der Waals surface area (Å²) in [7, 11) is 1.74. The minimum atomic E-state index is -0.655. The predicted molar refractivity (Wildman–Crippen MR) is 94.4 cm³/mol. The van der Waals surface area contributed by atoms with Crippen molar-refractivity contribution in [3.05, 3.63) is 70.0 Å². The van der Waals surface area contributed by atoms with Crippen LogP contribution in [0.5, 0.6) is 5.75 Å². The molecule has 0 amide bonds. The number of rotatable bonds is 5. The molecule has 1 heterocycles. The summed E-state index contributed by atoms with van der Waals surface area (Å²) < 4.78 is 6.98. The SMILES string of the molecule is Cc1ccccc1OC(=O)c1ccc(Sc2nncn2C)c([N+](=O)[O-])c1. The fourth-order valence-electron chi connectivity index (χ4n) is 2.17. The van der Waals surface area contributed by atoms with Gasteiger partial charge >= 0.3 is 5.97 Å². The first-order valence-corrected chi connectivity index (χ1v) is 8.35. The molecule has 0 bridgehead atoms. The first-order valence-electron chi connectivity index (χ1n) is 7.54. The average Bonchev–Trinajstić information content (AvgIpc) is 3.02. The van der Waals surface area contributed by atoms with E-state index in [2.05, 4.69) is 10.2 Å². The Hall–Kier alpha value is -3.20. The summed E-state index contributed by atoms with van der Waals surface area (Å²) in [6.07, 6.45) is 1.50. The number of nitro benzene ring substituents is 1. The molecule has 9 heteroatoms. The van der Waals surface area contributed by atoms with E-state index in [4.69, 9.17) is 4.74 Å². The molecular weight excluding hydrogens is 356 g/mol. The Morgan fingerprint density at radius 1 is 1.27 bits per heavy atom. The average molecular weight is 370 g/mol. The summed E-state index contributed by atoms with van der Waals surface area (Å²) in [5, 5.41) is 19.6. The summed E-state index contributed by atoms with van der Waals surface area (Å²) in [6.45, 7) is 1.81. The maximum Gasteiger partial charge on any atom is 0.343 e. The number of carbonyl (C=O) groups is 1. The number of nitrogens with zero attached hydrogens (tertiary/aromatic N) is 4. The molecule has 0 atom stereocenters. The fourth-order valence-corrected chi connectivity index (χ4v) is 3.02. The van der Waals surface area contributed by atoms with Crippen molar-refractivity contribution in [3.8, 4) is 5.75 Å². The number of benzene rings is 2. The van der Waals surface area contributed by atoms with Gasteiger partial charge in [-0.3, -0.25) is 10.1 Å². The lowest BCUT2D eigenvalue weighted by Crippen LogP contribution is -2.10. The lowest BCUT2D eigenvalue weighted by atomic mass is 10.2. The first kappa shape index (κ1) is 17.6. The lowest BCUT2D eigenvalue weighted by Gasteiger charge is -2.08. The van der Waals surface area contributed by atoms with Gasteiger partial charge in [-0.25, -0.2) is 4.79 Å². The van der Waals surface area contributed by atoms with Crippen LogP contribution in [0.2, 0.25) is 0 Å². The highest BCUT2D eigenvalue weighted by Crippen LogP contribution is 2.34. The second-order valence-corrected chi connectivity index (χ2v) is 6.43. The number of nitro groups is 1. The van der Waals surface area contributed by atoms with Gasteiger partial charge in [0.2, 0.25) is 0 Å². The van der Waals surface area contributed by atoms with Crippen LogP contribution in [-0.4, -0.2) is 25.7 Å². The van der Waals surface area contributed by atoms with Gasteiger partial charge in [0.15, 0.2) is 5.16 Å². The minimum Gasteiger partial charge on any atom is -0.423 e. The molecule has 0 fully saturated rings. The van der Waals surface area contributed by atoms with Crippen LogP contribution in [0.25, 0.3) is 0 Å². The van der Waals surface area contributed by atoms with E-state index in [1.165, 1.54) is 24.5 Å². The van der Waals surface area contributed by atoms with Crippen molar-refractivity contribution in [2.45, 2.75) is 17.0 Å². The second kappa shape index (κ2) is 7.36. The minimum absolute atomic E-state index is 0.0993. The molecule has 0 radical (unpaired) electrons. The zero-order valence-electron chi connectivity index (χ0n) is 13.9. The maximum absolute atomic E-state index is 12.3. The van der Waals surface area contributed by atoms with E-state index in [0.29, 0.717) is 15.8 Å². The highest BCUT2D eigenvalue weighted by atomic mass is 32.2. The van der Waals surface area contributed by atoms with Crippen LogP contribution in [0.4, 0.5) is 5.69 Å². The van der Waals surface area contributed by atoms with Crippen molar-refractivity contribution in [2.75, 3.05) is 0 Å². The summed E-state index contributed by atoms with van der Waals surface area (Å²) >= 11 is 1.10. The Kier molecular flexibility index (Phi) is 4.99. The molecule has 0 unspecified atom stereocenters. The Balaban J connectivity index is 1.88. The van der Waals surface area contributed by atoms with Crippen molar-refractivity contribution >= 4 is 23.4 Å². The topological polar surface area (TPSA) is 100 Å². The van der Waals surface area contributed by atoms with Crippen LogP contribution < -0.4 is 4.74 Å². The van der Waals surface area contributed by atoms with E-state index in [1.54, 1.807) is 23.7 Å². The van der Waals surface area contributed by atoms with Gasteiger partial charge in [0, 0.05) is 13.1 Å². The van der Waals surface area contributed by atoms with Crippen LogP contribution in [-0.2, 0) is 7.05 Å². The standard InChI is InChI=1S/C17H14N4O4S/c1-11-5-3-4-6-14(11)25-16(22)12-7-8-15(13(9-12)21(23)24)26-17-19-18-10-20(17)2/h3-10H,1-2H3. The van der Waals surface area contributed by atoms with Gasteiger partial charge in [-0.15, -0.1) is 10.2 Å². The zero-order chi connectivity index (χ0) is 18.7. The summed E-state index contributed by atoms with van der Waals surface area (Å²) in [5.41, 5.74) is 0.698. The van der Waals surface area contributed by atoms with Crippen molar-refractivity contribution in [2.24, 2.45) is 7.05 Å². The number of ether oxygens (including phenoxy) is 1. The van der Waals surface area contributed by atoms with Crippen molar-refractivity contribution in [1.29, 1.82) is 0 Å². The van der Waals surface area contributed by atoms with Gasteiger partial charge < -0.3 is 9.30 Å². The van der Waals surface area contributed by atoms with Gasteiger partial charge in [-0.05, 0) is 42.4 Å². The normalized spacial score (nSPS) is 10.5. The lowest BCUT2D eigenvalue weighted by molar-refractivity contribution is -0.387. The van der Waals surface area contributed by atoms with Crippen LogP contribution in [0, 0.1) is 17.0 Å². The molecule has 0 saturated carbocycles. The summed E-state index contributed by atoms with van der Waals surface area (Å²) in [4.78, 5) is 23.6. The molecule has 0 aliphatic heterocycles.